The van der Waals surface area contributed by atoms with Gasteiger partial charge < -0.3 is 15.4 Å². The number of imidazole rings is 1. The molecule has 2 aliphatic rings. The predicted octanol–water partition coefficient (Wildman–Crippen LogP) is 6.58. The van der Waals surface area contributed by atoms with Crippen molar-refractivity contribution in [2.24, 2.45) is 5.73 Å². The Hall–Kier alpha value is -3.71. The third-order valence-electron chi connectivity index (χ3n) is 8.08. The van der Waals surface area contributed by atoms with Crippen LogP contribution in [0.4, 0.5) is 5.69 Å². The fraction of sp³-hybridized carbons (Fsp3) is 0.250. The van der Waals surface area contributed by atoms with Crippen LogP contribution in [-0.4, -0.2) is 40.8 Å². The maximum atomic E-state index is 6.67. The van der Waals surface area contributed by atoms with E-state index >= 15 is 0 Å². The number of benzene rings is 3. The lowest BCUT2D eigenvalue weighted by molar-refractivity contribution is 0.122. The summed E-state index contributed by atoms with van der Waals surface area (Å²) in [4.78, 5) is 12.5. The molecule has 0 amide bonds. The minimum atomic E-state index is -0.210. The maximum Gasteiger partial charge on any atom is 0.165 e. The smallest absolute Gasteiger partial charge is 0.165 e. The van der Waals surface area contributed by atoms with Crippen LogP contribution in [0.5, 0.6) is 0 Å². The number of nitrogens with zero attached hydrogens (tertiary/aromatic N) is 4. The van der Waals surface area contributed by atoms with Gasteiger partial charge in [0.25, 0.3) is 0 Å². The fourth-order valence-corrected chi connectivity index (χ4v) is 5.88. The third-order valence-corrected chi connectivity index (χ3v) is 8.41. The van der Waals surface area contributed by atoms with Crippen LogP contribution < -0.4 is 10.6 Å². The molecule has 1 aliphatic heterocycles. The molecule has 0 unspecified atom stereocenters. The normalized spacial score (nSPS) is 16.8. The van der Waals surface area contributed by atoms with Crippen molar-refractivity contribution in [2.45, 2.75) is 24.8 Å². The first-order valence-corrected chi connectivity index (χ1v) is 13.9. The van der Waals surface area contributed by atoms with E-state index in [0.717, 1.165) is 78.6 Å². The first-order valence-electron chi connectivity index (χ1n) is 13.6. The highest BCUT2D eigenvalue weighted by Crippen LogP contribution is 2.39. The first-order chi connectivity index (χ1) is 19.1. The van der Waals surface area contributed by atoms with Gasteiger partial charge in [-0.1, -0.05) is 48.0 Å². The van der Waals surface area contributed by atoms with Crippen LogP contribution in [-0.2, 0) is 10.3 Å². The predicted molar refractivity (Wildman–Crippen MR) is 157 cm³/mol. The molecule has 3 heterocycles. The number of anilines is 1. The van der Waals surface area contributed by atoms with Crippen LogP contribution in [0.15, 0.2) is 84.9 Å². The monoisotopic (exact) mass is 535 g/mol. The van der Waals surface area contributed by atoms with Crippen molar-refractivity contribution < 1.29 is 4.74 Å². The highest BCUT2D eigenvalue weighted by Gasteiger charge is 2.34. The van der Waals surface area contributed by atoms with E-state index in [-0.39, 0.29) is 5.54 Å². The van der Waals surface area contributed by atoms with Crippen LogP contribution in [0, 0.1) is 0 Å². The Morgan fingerprint density at radius 2 is 1.62 bits per heavy atom. The number of hydrogen-bond donors (Lipinski definition) is 1. The lowest BCUT2D eigenvalue weighted by Gasteiger charge is -2.38. The Bertz CT molecular complexity index is 1650. The number of rotatable bonds is 5. The number of nitrogens with two attached hydrogens (primary N) is 1. The molecule has 1 saturated heterocycles. The van der Waals surface area contributed by atoms with Gasteiger partial charge in [0.1, 0.15) is 11.3 Å². The van der Waals surface area contributed by atoms with E-state index in [9.17, 15) is 0 Å². The van der Waals surface area contributed by atoms with Gasteiger partial charge in [0.2, 0.25) is 0 Å². The lowest BCUT2D eigenvalue weighted by Crippen LogP contribution is -2.43. The molecule has 0 radical (unpaired) electrons. The largest absolute Gasteiger partial charge is 0.378 e. The Balaban J connectivity index is 1.36. The molecular weight excluding hydrogens is 506 g/mol. The fourth-order valence-electron chi connectivity index (χ4n) is 5.66. The number of halogens is 1. The van der Waals surface area contributed by atoms with E-state index in [1.165, 1.54) is 17.7 Å². The van der Waals surface area contributed by atoms with Gasteiger partial charge in [-0.3, -0.25) is 4.57 Å². The van der Waals surface area contributed by atoms with Crippen LogP contribution in [0.3, 0.4) is 0 Å². The van der Waals surface area contributed by atoms with E-state index in [2.05, 4.69) is 58.0 Å². The molecule has 2 aromatic heterocycles. The summed E-state index contributed by atoms with van der Waals surface area (Å²) in [5, 5.41) is 0.652. The summed E-state index contributed by atoms with van der Waals surface area (Å²) < 4.78 is 7.65. The van der Waals surface area contributed by atoms with Crippen LogP contribution in [0.25, 0.3) is 39.5 Å². The first kappa shape index (κ1) is 24.3. The molecular formula is C32H30ClN5O. The molecule has 0 atom stereocenters. The Labute approximate surface area is 233 Å². The van der Waals surface area contributed by atoms with Crippen molar-refractivity contribution in [3.8, 4) is 28.3 Å². The second-order valence-corrected chi connectivity index (χ2v) is 10.9. The van der Waals surface area contributed by atoms with E-state index in [0.29, 0.717) is 5.02 Å². The Morgan fingerprint density at radius 3 is 2.36 bits per heavy atom. The standard InChI is InChI=1S/C32H30ClN5O/c33-27-8-2-1-7-26(27)30-36-29-14-13-28(22-5-3-6-25(21-22)37-17-19-39-20-18-37)35-31(29)38(30)24-11-9-23(10-12-24)32(34)15-4-16-32/h1-3,5-14,21H,4,15-20,34H2. The van der Waals surface area contributed by atoms with Crippen molar-refractivity contribution in [3.63, 3.8) is 0 Å². The van der Waals surface area contributed by atoms with Crippen molar-refractivity contribution in [1.29, 1.82) is 0 Å². The van der Waals surface area contributed by atoms with Gasteiger partial charge in [-0.05, 0) is 73.4 Å². The molecule has 2 N–H and O–H groups in total. The number of morpholine rings is 1. The molecule has 1 aliphatic carbocycles. The van der Waals surface area contributed by atoms with Gasteiger partial charge in [0.15, 0.2) is 5.65 Å². The SMILES string of the molecule is NC1(c2ccc(-n3c(-c4ccccc4Cl)nc4ccc(-c5cccc(N6CCOCC6)c5)nc43)cc2)CCC1. The lowest BCUT2D eigenvalue weighted by atomic mass is 9.73. The van der Waals surface area contributed by atoms with Gasteiger partial charge in [-0.2, -0.15) is 0 Å². The van der Waals surface area contributed by atoms with Crippen molar-refractivity contribution in [3.05, 3.63) is 95.5 Å². The molecule has 0 spiro atoms. The van der Waals surface area contributed by atoms with Crippen LogP contribution in [0.1, 0.15) is 24.8 Å². The average Bonchev–Trinajstić information content (AvgIpc) is 3.35. The highest BCUT2D eigenvalue weighted by atomic mass is 35.5. The number of hydrogen-bond acceptors (Lipinski definition) is 5. The highest BCUT2D eigenvalue weighted by molar-refractivity contribution is 6.33. The minimum absolute atomic E-state index is 0.210. The quantitative estimate of drug-likeness (QED) is 0.275. The van der Waals surface area contributed by atoms with Gasteiger partial charge in [0, 0.05) is 41.1 Å². The summed E-state index contributed by atoms with van der Waals surface area (Å²) >= 11 is 6.67. The summed E-state index contributed by atoms with van der Waals surface area (Å²) in [5.74, 6) is 0.765. The summed E-state index contributed by atoms with van der Waals surface area (Å²) in [6.45, 7) is 3.29. The van der Waals surface area contributed by atoms with Crippen LogP contribution >= 0.6 is 11.6 Å². The van der Waals surface area contributed by atoms with Crippen LogP contribution in [0.2, 0.25) is 5.02 Å². The van der Waals surface area contributed by atoms with Gasteiger partial charge in [0.05, 0.1) is 23.9 Å². The van der Waals surface area contributed by atoms with Crippen molar-refractivity contribution in [2.75, 3.05) is 31.2 Å². The zero-order valence-electron chi connectivity index (χ0n) is 21.7. The number of pyridine rings is 1. The van der Waals surface area contributed by atoms with Crippen molar-refractivity contribution >= 4 is 28.5 Å². The molecule has 7 heteroatoms. The second-order valence-electron chi connectivity index (χ2n) is 10.5. The molecule has 6 nitrogen and oxygen atoms in total. The number of fused-ring (bicyclic) bond motifs is 1. The molecule has 7 rings (SSSR count). The number of aromatic nitrogens is 3. The molecule has 1 saturated carbocycles. The van der Waals surface area contributed by atoms with Gasteiger partial charge >= 0.3 is 0 Å². The molecule has 196 valence electrons. The molecule has 3 aromatic carbocycles. The molecule has 39 heavy (non-hydrogen) atoms. The summed E-state index contributed by atoms with van der Waals surface area (Å²) in [6.07, 6.45) is 3.24. The summed E-state index contributed by atoms with van der Waals surface area (Å²) in [6, 6.07) is 29.0. The van der Waals surface area contributed by atoms with E-state index in [4.69, 9.17) is 32.0 Å². The zero-order valence-corrected chi connectivity index (χ0v) is 22.4. The minimum Gasteiger partial charge on any atom is -0.378 e. The van der Waals surface area contributed by atoms with E-state index < -0.39 is 0 Å². The number of ether oxygens (including phenoxy) is 1. The van der Waals surface area contributed by atoms with E-state index in [1.54, 1.807) is 0 Å². The molecule has 0 bridgehead atoms. The second kappa shape index (κ2) is 9.79. The zero-order chi connectivity index (χ0) is 26.4. The maximum absolute atomic E-state index is 6.67. The molecule has 2 fully saturated rings. The van der Waals surface area contributed by atoms with Gasteiger partial charge in [-0.25, -0.2) is 9.97 Å². The Morgan fingerprint density at radius 1 is 0.821 bits per heavy atom. The Kier molecular flexibility index (Phi) is 6.11. The molecule has 5 aromatic rings. The van der Waals surface area contributed by atoms with Gasteiger partial charge in [-0.15, -0.1) is 0 Å². The average molecular weight is 536 g/mol. The third kappa shape index (κ3) is 4.39. The van der Waals surface area contributed by atoms with E-state index in [1.807, 2.05) is 36.4 Å². The summed E-state index contributed by atoms with van der Waals surface area (Å²) in [7, 11) is 0. The topological polar surface area (TPSA) is 69.2 Å². The van der Waals surface area contributed by atoms with Crippen molar-refractivity contribution in [1.82, 2.24) is 14.5 Å². The summed E-state index contributed by atoms with van der Waals surface area (Å²) in [5.41, 5.74) is 14.2.